The van der Waals surface area contributed by atoms with Crippen LogP contribution in [0.4, 0.5) is 17.6 Å². The first-order valence-electron chi connectivity index (χ1n) is 7.29. The highest BCUT2D eigenvalue weighted by Crippen LogP contribution is 2.14. The van der Waals surface area contributed by atoms with Crippen molar-refractivity contribution in [3.63, 3.8) is 0 Å². The fourth-order valence-electron chi connectivity index (χ4n) is 1.94. The Balaban J connectivity index is 0. The van der Waals surface area contributed by atoms with Crippen LogP contribution in [0.3, 0.4) is 0 Å². The smallest absolute Gasteiger partial charge is 0.166 e. The summed E-state index contributed by atoms with van der Waals surface area (Å²) in [5.74, 6) is -1.69. The van der Waals surface area contributed by atoms with Gasteiger partial charge in [0.05, 0.1) is 42.1 Å². The van der Waals surface area contributed by atoms with Crippen molar-refractivity contribution in [3.05, 3.63) is 0 Å². The van der Waals surface area contributed by atoms with E-state index >= 15 is 0 Å². The van der Waals surface area contributed by atoms with Gasteiger partial charge in [0.2, 0.25) is 0 Å². The average molecular weight is 353 g/mol. The van der Waals surface area contributed by atoms with Gasteiger partial charge in [-0.25, -0.2) is 26.0 Å². The van der Waals surface area contributed by atoms with E-state index in [1.165, 1.54) is 30.7 Å². The summed E-state index contributed by atoms with van der Waals surface area (Å²) < 4.78 is 79.1. The van der Waals surface area contributed by atoms with E-state index in [9.17, 15) is 30.5 Å². The molecule has 0 rings (SSSR count). The van der Waals surface area contributed by atoms with Gasteiger partial charge in [0.25, 0.3) is 0 Å². The second-order valence-electron chi connectivity index (χ2n) is 4.96. The summed E-state index contributed by atoms with van der Waals surface area (Å²) in [5.41, 5.74) is 0. The fourth-order valence-corrected chi connectivity index (χ4v) is 2.51. The Morgan fingerprint density at radius 1 is 0.909 bits per heavy atom. The van der Waals surface area contributed by atoms with Gasteiger partial charge < -0.3 is 9.04 Å². The molecule has 0 aliphatic heterocycles. The molecule has 0 saturated heterocycles. The molecule has 0 saturated carbocycles. The Kier molecular flexibility index (Phi) is 12.1. The zero-order chi connectivity index (χ0) is 18.0. The molecule has 0 spiro atoms. The molecule has 3 atom stereocenters. The standard InChI is InChI=1S/C8H20N.C5H8F4O3S/c1-5-9(6-2,7-3)8-4;6-1-3(7)5(9)4(8)2-13(10,11)12/h5-8H2,1-4H3;3-5H,1-2H2,(H,10,11,12)/q+1;/p-1. The molecule has 0 aromatic rings. The molecule has 0 aromatic heterocycles. The SMILES string of the molecule is CC[N+](CC)(CC)CC.O=S(=O)([O-])CC(F)C(F)C(F)CF. The van der Waals surface area contributed by atoms with Crippen LogP contribution in [-0.4, -0.2) is 74.6 Å². The van der Waals surface area contributed by atoms with Crippen molar-refractivity contribution in [2.45, 2.75) is 46.2 Å². The van der Waals surface area contributed by atoms with E-state index < -0.39 is 41.1 Å². The highest BCUT2D eigenvalue weighted by molar-refractivity contribution is 7.85. The molecule has 0 bridgehead atoms. The summed E-state index contributed by atoms with van der Waals surface area (Å²) in [6.07, 6.45) is -8.49. The van der Waals surface area contributed by atoms with Crippen molar-refractivity contribution in [2.75, 3.05) is 38.6 Å². The molecular formula is C13H27F4NO3S. The van der Waals surface area contributed by atoms with Crippen molar-refractivity contribution in [2.24, 2.45) is 0 Å². The molecule has 0 fully saturated rings. The van der Waals surface area contributed by atoms with Gasteiger partial charge in [0.15, 0.2) is 12.3 Å². The number of alkyl halides is 4. The molecule has 0 aliphatic carbocycles. The highest BCUT2D eigenvalue weighted by atomic mass is 32.2. The molecular weight excluding hydrogens is 326 g/mol. The van der Waals surface area contributed by atoms with Crippen LogP contribution in [-0.2, 0) is 10.1 Å². The third-order valence-corrected chi connectivity index (χ3v) is 4.61. The van der Waals surface area contributed by atoms with Crippen molar-refractivity contribution in [1.29, 1.82) is 0 Å². The van der Waals surface area contributed by atoms with Gasteiger partial charge in [-0.1, -0.05) is 0 Å². The summed E-state index contributed by atoms with van der Waals surface area (Å²) in [7, 11) is -4.96. The van der Waals surface area contributed by atoms with Crippen molar-refractivity contribution >= 4 is 10.1 Å². The summed E-state index contributed by atoms with van der Waals surface area (Å²) >= 11 is 0. The van der Waals surface area contributed by atoms with E-state index in [0.29, 0.717) is 0 Å². The van der Waals surface area contributed by atoms with Gasteiger partial charge in [0, 0.05) is 0 Å². The number of nitrogens with zero attached hydrogens (tertiary/aromatic N) is 1. The Morgan fingerprint density at radius 3 is 1.45 bits per heavy atom. The average Bonchev–Trinajstić information content (AvgIpc) is 2.47. The van der Waals surface area contributed by atoms with Crippen molar-refractivity contribution in [3.8, 4) is 0 Å². The second-order valence-corrected chi connectivity index (χ2v) is 6.41. The third kappa shape index (κ3) is 9.58. The molecule has 22 heavy (non-hydrogen) atoms. The number of halogens is 4. The topological polar surface area (TPSA) is 57.2 Å². The first-order valence-corrected chi connectivity index (χ1v) is 8.86. The Morgan fingerprint density at radius 2 is 1.27 bits per heavy atom. The molecule has 136 valence electrons. The lowest BCUT2D eigenvalue weighted by Gasteiger charge is -2.34. The molecule has 0 N–H and O–H groups in total. The maximum Gasteiger partial charge on any atom is 0.166 e. The van der Waals surface area contributed by atoms with Crippen LogP contribution >= 0.6 is 0 Å². The molecule has 9 heteroatoms. The normalized spacial score (nSPS) is 16.4. The minimum atomic E-state index is -4.96. The maximum absolute atomic E-state index is 12.4. The van der Waals surface area contributed by atoms with Crippen LogP contribution in [0.25, 0.3) is 0 Å². The highest BCUT2D eigenvalue weighted by Gasteiger charge is 2.31. The maximum atomic E-state index is 12.4. The van der Waals surface area contributed by atoms with Crippen LogP contribution in [0.5, 0.6) is 0 Å². The Labute approximate surface area is 130 Å². The predicted octanol–water partition coefficient (Wildman–Crippen LogP) is 2.40. The van der Waals surface area contributed by atoms with Gasteiger partial charge in [-0.2, -0.15) is 0 Å². The minimum Gasteiger partial charge on any atom is -0.748 e. The zero-order valence-electron chi connectivity index (χ0n) is 13.6. The summed E-state index contributed by atoms with van der Waals surface area (Å²) in [5, 5.41) is 0. The summed E-state index contributed by atoms with van der Waals surface area (Å²) in [6.45, 7) is 12.5. The van der Waals surface area contributed by atoms with E-state index in [4.69, 9.17) is 0 Å². The zero-order valence-corrected chi connectivity index (χ0v) is 14.4. The van der Waals surface area contributed by atoms with E-state index in [0.717, 1.165) is 0 Å². The first kappa shape index (κ1) is 23.9. The summed E-state index contributed by atoms with van der Waals surface area (Å²) in [4.78, 5) is 0. The summed E-state index contributed by atoms with van der Waals surface area (Å²) in [6, 6.07) is 0. The van der Waals surface area contributed by atoms with Crippen LogP contribution in [0.2, 0.25) is 0 Å². The van der Waals surface area contributed by atoms with Gasteiger partial charge in [0.1, 0.15) is 12.8 Å². The molecule has 0 heterocycles. The quantitative estimate of drug-likeness (QED) is 0.363. The number of hydrogen-bond donors (Lipinski definition) is 0. The monoisotopic (exact) mass is 353 g/mol. The second kappa shape index (κ2) is 11.2. The molecule has 0 amide bonds. The first-order chi connectivity index (χ1) is 10.0. The number of rotatable bonds is 9. The largest absolute Gasteiger partial charge is 0.748 e. The van der Waals surface area contributed by atoms with Crippen LogP contribution in [0, 0.1) is 0 Å². The van der Waals surface area contributed by atoms with Gasteiger partial charge >= 0.3 is 0 Å². The van der Waals surface area contributed by atoms with E-state index in [-0.39, 0.29) is 0 Å². The van der Waals surface area contributed by atoms with Crippen molar-refractivity contribution in [1.82, 2.24) is 0 Å². The molecule has 0 aliphatic rings. The molecule has 4 nitrogen and oxygen atoms in total. The Bertz CT molecular complexity index is 360. The fraction of sp³-hybridized carbons (Fsp3) is 1.00. The predicted molar refractivity (Wildman–Crippen MR) is 77.7 cm³/mol. The molecule has 0 aromatic carbocycles. The van der Waals surface area contributed by atoms with Gasteiger partial charge in [-0.05, 0) is 27.7 Å². The van der Waals surface area contributed by atoms with E-state index in [2.05, 4.69) is 27.7 Å². The number of hydrogen-bond acceptors (Lipinski definition) is 3. The molecule has 0 radical (unpaired) electrons. The minimum absolute atomic E-state index is 1.28. The molecule has 3 unspecified atom stereocenters. The van der Waals surface area contributed by atoms with E-state index in [1.807, 2.05) is 0 Å². The Hall–Kier alpha value is -0.410. The third-order valence-electron chi connectivity index (χ3n) is 3.89. The lowest BCUT2D eigenvalue weighted by atomic mass is 10.2. The van der Waals surface area contributed by atoms with Gasteiger partial charge in [-0.15, -0.1) is 0 Å². The number of quaternary nitrogens is 1. The van der Waals surface area contributed by atoms with Crippen LogP contribution in [0.1, 0.15) is 27.7 Å². The van der Waals surface area contributed by atoms with Gasteiger partial charge in [-0.3, -0.25) is 0 Å². The lowest BCUT2D eigenvalue weighted by molar-refractivity contribution is -0.921. The van der Waals surface area contributed by atoms with Crippen molar-refractivity contribution < 1.29 is 35.0 Å². The van der Waals surface area contributed by atoms with Crippen LogP contribution < -0.4 is 0 Å². The van der Waals surface area contributed by atoms with E-state index in [1.54, 1.807) is 0 Å². The lowest BCUT2D eigenvalue weighted by Crippen LogP contribution is -2.47. The van der Waals surface area contributed by atoms with Crippen LogP contribution in [0.15, 0.2) is 0 Å².